The first-order chi connectivity index (χ1) is 12.4. The van der Waals surface area contributed by atoms with E-state index in [0.29, 0.717) is 24.1 Å². The van der Waals surface area contributed by atoms with Crippen LogP contribution in [0.5, 0.6) is 0 Å². The van der Waals surface area contributed by atoms with Crippen molar-refractivity contribution in [3.05, 3.63) is 58.5 Å². The topological polar surface area (TPSA) is 102 Å². The van der Waals surface area contributed by atoms with E-state index in [-0.39, 0.29) is 5.91 Å². The van der Waals surface area contributed by atoms with Crippen molar-refractivity contribution in [1.29, 1.82) is 0 Å². The zero-order chi connectivity index (χ0) is 18.8. The van der Waals surface area contributed by atoms with Crippen molar-refractivity contribution in [3.8, 4) is 0 Å². The Labute approximate surface area is 151 Å². The molecule has 26 heavy (non-hydrogen) atoms. The summed E-state index contributed by atoms with van der Waals surface area (Å²) in [7, 11) is 0. The van der Waals surface area contributed by atoms with E-state index in [2.05, 4.69) is 15.4 Å². The number of primary amides is 1. The van der Waals surface area contributed by atoms with E-state index in [0.717, 1.165) is 28.2 Å². The minimum absolute atomic E-state index is 0.0639. The summed E-state index contributed by atoms with van der Waals surface area (Å²) in [6, 6.07) is 7.67. The average Bonchev–Trinajstić information content (AvgIpc) is 3.01. The number of benzene rings is 1. The zero-order valence-corrected chi connectivity index (χ0v) is 15.0. The molecular formula is C19H21N5O2. The number of nitrogens with zero attached hydrogens (tertiary/aromatic N) is 3. The van der Waals surface area contributed by atoms with E-state index in [1.807, 2.05) is 45.0 Å². The van der Waals surface area contributed by atoms with Crippen LogP contribution in [0, 0.1) is 20.8 Å². The van der Waals surface area contributed by atoms with Crippen LogP contribution in [0.1, 0.15) is 39.3 Å². The Bertz CT molecular complexity index is 989. The van der Waals surface area contributed by atoms with Gasteiger partial charge < -0.3 is 11.1 Å². The molecule has 0 radical (unpaired) electrons. The lowest BCUT2D eigenvalue weighted by Gasteiger charge is -2.11. The third kappa shape index (κ3) is 3.42. The smallest absolute Gasteiger partial charge is 0.254 e. The molecule has 3 rings (SSSR count). The number of nitrogens with one attached hydrogen (secondary N) is 1. The number of carbonyl (C=O) groups excluding carboxylic acids is 2. The van der Waals surface area contributed by atoms with Crippen LogP contribution < -0.4 is 11.1 Å². The van der Waals surface area contributed by atoms with Crippen LogP contribution in [0.3, 0.4) is 0 Å². The van der Waals surface area contributed by atoms with E-state index in [1.165, 1.54) is 6.20 Å². The molecule has 2 heterocycles. The van der Waals surface area contributed by atoms with Gasteiger partial charge in [0.05, 0.1) is 6.20 Å². The molecule has 0 fully saturated rings. The van der Waals surface area contributed by atoms with E-state index >= 15 is 0 Å². The number of amides is 2. The van der Waals surface area contributed by atoms with E-state index < -0.39 is 5.91 Å². The van der Waals surface area contributed by atoms with Gasteiger partial charge in [0.1, 0.15) is 5.56 Å². The van der Waals surface area contributed by atoms with Gasteiger partial charge >= 0.3 is 0 Å². The highest BCUT2D eigenvalue weighted by molar-refractivity contribution is 5.98. The molecule has 2 aromatic heterocycles. The van der Waals surface area contributed by atoms with Crippen LogP contribution in [0.15, 0.2) is 30.5 Å². The van der Waals surface area contributed by atoms with Gasteiger partial charge in [0.2, 0.25) is 5.91 Å². The molecule has 2 amide bonds. The lowest BCUT2D eigenvalue weighted by Crippen LogP contribution is -2.15. The van der Waals surface area contributed by atoms with Crippen molar-refractivity contribution >= 4 is 23.1 Å². The second kappa shape index (κ2) is 6.95. The molecule has 0 aliphatic carbocycles. The van der Waals surface area contributed by atoms with Gasteiger partial charge in [-0.25, -0.2) is 9.50 Å². The SMILES string of the molecule is Cc1ccc(NC(=O)CCc2c(C)nc3c(C(N)=O)cnn3c2C)cc1. The highest BCUT2D eigenvalue weighted by Crippen LogP contribution is 2.19. The maximum Gasteiger partial charge on any atom is 0.254 e. The van der Waals surface area contributed by atoms with E-state index in [4.69, 9.17) is 5.73 Å². The molecule has 0 spiro atoms. The van der Waals surface area contributed by atoms with Gasteiger partial charge in [-0.15, -0.1) is 0 Å². The van der Waals surface area contributed by atoms with Crippen molar-refractivity contribution in [2.24, 2.45) is 5.73 Å². The summed E-state index contributed by atoms with van der Waals surface area (Å²) in [4.78, 5) is 28.2. The van der Waals surface area contributed by atoms with Gasteiger partial charge in [-0.2, -0.15) is 5.10 Å². The molecule has 0 saturated heterocycles. The lowest BCUT2D eigenvalue weighted by molar-refractivity contribution is -0.116. The predicted molar refractivity (Wildman–Crippen MR) is 99.1 cm³/mol. The fraction of sp³-hybridized carbons (Fsp3) is 0.263. The third-order valence-corrected chi connectivity index (χ3v) is 4.41. The molecule has 0 aliphatic heterocycles. The zero-order valence-electron chi connectivity index (χ0n) is 15.0. The first kappa shape index (κ1) is 17.6. The van der Waals surface area contributed by atoms with E-state index in [9.17, 15) is 9.59 Å². The Kier molecular flexibility index (Phi) is 4.71. The number of anilines is 1. The molecular weight excluding hydrogens is 330 g/mol. The number of aromatic nitrogens is 3. The normalized spacial score (nSPS) is 10.9. The third-order valence-electron chi connectivity index (χ3n) is 4.41. The fourth-order valence-corrected chi connectivity index (χ4v) is 2.95. The first-order valence-electron chi connectivity index (χ1n) is 8.37. The Morgan fingerprint density at radius 1 is 1.15 bits per heavy atom. The number of hydrogen-bond donors (Lipinski definition) is 2. The molecule has 0 bridgehead atoms. The van der Waals surface area contributed by atoms with Gasteiger partial charge in [0, 0.05) is 23.5 Å². The molecule has 3 aromatic rings. The van der Waals surface area contributed by atoms with Gasteiger partial charge in [-0.1, -0.05) is 17.7 Å². The van der Waals surface area contributed by atoms with Gasteiger partial charge in [-0.05, 0) is 44.9 Å². The van der Waals surface area contributed by atoms with Crippen molar-refractivity contribution in [2.75, 3.05) is 5.32 Å². The van der Waals surface area contributed by atoms with Crippen molar-refractivity contribution in [1.82, 2.24) is 14.6 Å². The molecule has 0 aliphatic rings. The van der Waals surface area contributed by atoms with Crippen molar-refractivity contribution in [2.45, 2.75) is 33.6 Å². The van der Waals surface area contributed by atoms with Crippen LogP contribution in [-0.2, 0) is 11.2 Å². The maximum atomic E-state index is 12.2. The number of rotatable bonds is 5. The summed E-state index contributed by atoms with van der Waals surface area (Å²) in [5, 5.41) is 7.09. The summed E-state index contributed by atoms with van der Waals surface area (Å²) in [5.74, 6) is -0.623. The number of fused-ring (bicyclic) bond motifs is 1. The van der Waals surface area contributed by atoms with Crippen molar-refractivity contribution in [3.63, 3.8) is 0 Å². The lowest BCUT2D eigenvalue weighted by atomic mass is 10.1. The summed E-state index contributed by atoms with van der Waals surface area (Å²) >= 11 is 0. The summed E-state index contributed by atoms with van der Waals surface area (Å²) < 4.78 is 1.60. The van der Waals surface area contributed by atoms with Crippen molar-refractivity contribution < 1.29 is 9.59 Å². The monoisotopic (exact) mass is 351 g/mol. The Hall–Kier alpha value is -3.22. The molecule has 0 saturated carbocycles. The molecule has 0 unspecified atom stereocenters. The second-order valence-electron chi connectivity index (χ2n) is 6.33. The molecule has 7 heteroatoms. The number of carbonyl (C=O) groups is 2. The molecule has 3 N–H and O–H groups in total. The molecule has 0 atom stereocenters. The Morgan fingerprint density at radius 3 is 2.50 bits per heavy atom. The molecule has 7 nitrogen and oxygen atoms in total. The van der Waals surface area contributed by atoms with Crippen LogP contribution in [0.2, 0.25) is 0 Å². The largest absolute Gasteiger partial charge is 0.365 e. The van der Waals surface area contributed by atoms with Crippen LogP contribution in [0.25, 0.3) is 5.65 Å². The first-order valence-corrected chi connectivity index (χ1v) is 8.37. The second-order valence-corrected chi connectivity index (χ2v) is 6.33. The number of aryl methyl sites for hydroxylation is 3. The fourth-order valence-electron chi connectivity index (χ4n) is 2.95. The van der Waals surface area contributed by atoms with Gasteiger partial charge in [0.15, 0.2) is 5.65 Å². The predicted octanol–water partition coefficient (Wildman–Crippen LogP) is 2.32. The minimum Gasteiger partial charge on any atom is -0.365 e. The highest BCUT2D eigenvalue weighted by Gasteiger charge is 2.17. The minimum atomic E-state index is -0.559. The quantitative estimate of drug-likeness (QED) is 0.736. The molecule has 1 aromatic carbocycles. The Morgan fingerprint density at radius 2 is 1.85 bits per heavy atom. The van der Waals surface area contributed by atoms with Crippen LogP contribution in [-0.4, -0.2) is 26.4 Å². The highest BCUT2D eigenvalue weighted by atomic mass is 16.2. The summed E-state index contributed by atoms with van der Waals surface area (Å²) in [6.07, 6.45) is 2.28. The maximum absolute atomic E-state index is 12.2. The number of nitrogens with two attached hydrogens (primary N) is 1. The van der Waals surface area contributed by atoms with Crippen LogP contribution in [0.4, 0.5) is 5.69 Å². The van der Waals surface area contributed by atoms with Crippen LogP contribution >= 0.6 is 0 Å². The van der Waals surface area contributed by atoms with Gasteiger partial charge in [-0.3, -0.25) is 9.59 Å². The average molecular weight is 351 g/mol. The van der Waals surface area contributed by atoms with E-state index in [1.54, 1.807) is 4.52 Å². The standard InChI is InChI=1S/C19H21N5O2/c1-11-4-6-14(7-5-11)23-17(25)9-8-15-12(2)22-19-16(18(20)26)10-21-24(19)13(15)3/h4-7,10H,8-9H2,1-3H3,(H2,20,26)(H,23,25). The summed E-state index contributed by atoms with van der Waals surface area (Å²) in [6.45, 7) is 5.75. The van der Waals surface area contributed by atoms with Gasteiger partial charge in [0.25, 0.3) is 5.91 Å². The summed E-state index contributed by atoms with van der Waals surface area (Å²) in [5.41, 5.74) is 10.6. The number of hydrogen-bond acceptors (Lipinski definition) is 4. The Balaban J connectivity index is 1.77. The molecule has 134 valence electrons.